The van der Waals surface area contributed by atoms with Crippen LogP contribution in [0.2, 0.25) is 0 Å². The summed E-state index contributed by atoms with van der Waals surface area (Å²) in [6.45, 7) is 1.78. The van der Waals surface area contributed by atoms with Gasteiger partial charge in [0.1, 0.15) is 6.10 Å². The van der Waals surface area contributed by atoms with Gasteiger partial charge in [-0.3, -0.25) is 4.79 Å². The number of carbonyl (C=O) groups is 2. The molecular formula is C8H12N2O4. The summed E-state index contributed by atoms with van der Waals surface area (Å²) in [6, 6.07) is 0. The predicted molar refractivity (Wildman–Crippen MR) is 47.4 cm³/mol. The van der Waals surface area contributed by atoms with Crippen molar-refractivity contribution in [2.24, 2.45) is 10.9 Å². The van der Waals surface area contributed by atoms with Crippen molar-refractivity contribution in [3.8, 4) is 0 Å². The molecule has 1 saturated carbocycles. The molecule has 1 amide bonds. The first-order valence-electron chi connectivity index (χ1n) is 4.36. The van der Waals surface area contributed by atoms with Gasteiger partial charge in [-0.15, -0.1) is 0 Å². The number of oxime groups is 1. The summed E-state index contributed by atoms with van der Waals surface area (Å²) in [6.07, 6.45) is 1.79. The molecule has 1 rings (SSSR count). The van der Waals surface area contributed by atoms with Crippen molar-refractivity contribution in [3.63, 3.8) is 0 Å². The summed E-state index contributed by atoms with van der Waals surface area (Å²) in [7, 11) is 0. The average Bonchev–Trinajstić information content (AvgIpc) is 2.88. The van der Waals surface area contributed by atoms with Gasteiger partial charge in [-0.05, 0) is 19.8 Å². The molecule has 1 fully saturated rings. The Kier molecular flexibility index (Phi) is 3.44. The van der Waals surface area contributed by atoms with Gasteiger partial charge < -0.3 is 15.3 Å². The molecule has 1 aliphatic carbocycles. The lowest BCUT2D eigenvalue weighted by atomic mass is 10.4. The summed E-state index contributed by atoms with van der Waals surface area (Å²) in [5.74, 6) is -1.79. The van der Waals surface area contributed by atoms with E-state index in [0.29, 0.717) is 0 Å². The Morgan fingerprint density at radius 1 is 1.50 bits per heavy atom. The molecule has 14 heavy (non-hydrogen) atoms. The van der Waals surface area contributed by atoms with Crippen LogP contribution in [0.15, 0.2) is 5.16 Å². The molecule has 2 N–H and O–H groups in total. The quantitative estimate of drug-likeness (QED) is 0.282. The molecule has 0 heterocycles. The van der Waals surface area contributed by atoms with Crippen LogP contribution >= 0.6 is 0 Å². The summed E-state index contributed by atoms with van der Waals surface area (Å²) >= 11 is 0. The van der Waals surface area contributed by atoms with E-state index >= 15 is 0 Å². The van der Waals surface area contributed by atoms with Crippen molar-refractivity contribution in [3.05, 3.63) is 0 Å². The lowest BCUT2D eigenvalue weighted by molar-refractivity contribution is -0.136. The van der Waals surface area contributed by atoms with E-state index in [1.807, 2.05) is 0 Å². The van der Waals surface area contributed by atoms with Gasteiger partial charge in [-0.1, -0.05) is 5.16 Å². The lowest BCUT2D eigenvalue weighted by Gasteiger charge is -2.01. The largest absolute Gasteiger partial charge is 0.461 e. The van der Waals surface area contributed by atoms with E-state index in [0.717, 1.165) is 12.8 Å². The zero-order valence-corrected chi connectivity index (χ0v) is 7.86. The van der Waals surface area contributed by atoms with Crippen LogP contribution in [0.4, 0.5) is 0 Å². The Labute approximate surface area is 81.0 Å². The standard InChI is InChI=1S/C8H12N2O4/c1-2-13-8(12)6(7(9)11)10-14-5-3-4-5/h5H,2-4H2,1H3,(H2,9,11). The minimum atomic E-state index is -0.941. The Bertz CT molecular complexity index is 271. The fraction of sp³-hybridized carbons (Fsp3) is 0.625. The smallest absolute Gasteiger partial charge is 0.366 e. The van der Waals surface area contributed by atoms with Gasteiger partial charge in [0.2, 0.25) is 0 Å². The molecule has 6 heteroatoms. The highest BCUT2D eigenvalue weighted by Gasteiger charge is 2.26. The fourth-order valence-electron chi connectivity index (χ4n) is 0.683. The Morgan fingerprint density at radius 2 is 2.14 bits per heavy atom. The van der Waals surface area contributed by atoms with Crippen molar-refractivity contribution in [2.75, 3.05) is 6.61 Å². The highest BCUT2D eigenvalue weighted by Crippen LogP contribution is 2.23. The van der Waals surface area contributed by atoms with E-state index in [-0.39, 0.29) is 12.7 Å². The fourth-order valence-corrected chi connectivity index (χ4v) is 0.683. The van der Waals surface area contributed by atoms with Crippen LogP contribution in [-0.4, -0.2) is 30.3 Å². The summed E-state index contributed by atoms with van der Waals surface area (Å²) in [5, 5.41) is 3.37. The summed E-state index contributed by atoms with van der Waals surface area (Å²) < 4.78 is 4.57. The average molecular weight is 200 g/mol. The molecule has 0 aromatic carbocycles. The van der Waals surface area contributed by atoms with Gasteiger partial charge in [-0.25, -0.2) is 4.79 Å². The van der Waals surface area contributed by atoms with Crippen LogP contribution < -0.4 is 5.73 Å². The molecule has 0 spiro atoms. The van der Waals surface area contributed by atoms with Crippen LogP contribution in [-0.2, 0) is 19.2 Å². The van der Waals surface area contributed by atoms with Crippen molar-refractivity contribution >= 4 is 17.6 Å². The number of carbonyl (C=O) groups excluding carboxylic acids is 2. The maximum atomic E-state index is 11.1. The van der Waals surface area contributed by atoms with E-state index in [2.05, 4.69) is 9.89 Å². The van der Waals surface area contributed by atoms with Crippen molar-refractivity contribution in [2.45, 2.75) is 25.9 Å². The second kappa shape index (κ2) is 4.59. The highest BCUT2D eigenvalue weighted by molar-refractivity contribution is 6.63. The molecule has 0 radical (unpaired) electrons. The molecule has 0 aromatic heterocycles. The number of primary amides is 1. The van der Waals surface area contributed by atoms with Crippen molar-refractivity contribution in [1.82, 2.24) is 0 Å². The van der Waals surface area contributed by atoms with Crippen molar-refractivity contribution < 1.29 is 19.2 Å². The number of hydrogen-bond donors (Lipinski definition) is 1. The summed E-state index contributed by atoms with van der Waals surface area (Å²) in [5.41, 5.74) is 4.44. The van der Waals surface area contributed by atoms with E-state index in [4.69, 9.17) is 10.6 Å². The molecule has 0 bridgehead atoms. The number of rotatable bonds is 5. The molecular weight excluding hydrogens is 188 g/mol. The molecule has 6 nitrogen and oxygen atoms in total. The Hall–Kier alpha value is -1.59. The normalized spacial score (nSPS) is 16.2. The van der Waals surface area contributed by atoms with Gasteiger partial charge >= 0.3 is 5.97 Å². The van der Waals surface area contributed by atoms with Gasteiger partial charge in [0.15, 0.2) is 0 Å². The minimum absolute atomic E-state index is 0.0128. The van der Waals surface area contributed by atoms with Gasteiger partial charge in [-0.2, -0.15) is 0 Å². The third-order valence-electron chi connectivity index (χ3n) is 1.52. The number of nitrogens with two attached hydrogens (primary N) is 1. The van der Waals surface area contributed by atoms with Gasteiger partial charge in [0.25, 0.3) is 11.6 Å². The topological polar surface area (TPSA) is 91.0 Å². The number of amides is 1. The number of nitrogens with zero attached hydrogens (tertiary/aromatic N) is 1. The maximum Gasteiger partial charge on any atom is 0.366 e. The highest BCUT2D eigenvalue weighted by atomic mass is 16.6. The van der Waals surface area contributed by atoms with Crippen LogP contribution in [0.1, 0.15) is 19.8 Å². The molecule has 0 unspecified atom stereocenters. The number of hydrogen-bond acceptors (Lipinski definition) is 5. The zero-order valence-electron chi connectivity index (χ0n) is 7.86. The molecule has 0 aromatic rings. The maximum absolute atomic E-state index is 11.1. The van der Waals surface area contributed by atoms with Crippen LogP contribution in [0.5, 0.6) is 0 Å². The molecule has 78 valence electrons. The first-order valence-corrected chi connectivity index (χ1v) is 4.36. The first kappa shape index (κ1) is 10.5. The van der Waals surface area contributed by atoms with E-state index < -0.39 is 17.6 Å². The van der Waals surface area contributed by atoms with Crippen molar-refractivity contribution in [1.29, 1.82) is 0 Å². The number of ether oxygens (including phenoxy) is 1. The van der Waals surface area contributed by atoms with Crippen LogP contribution in [0, 0.1) is 0 Å². The monoisotopic (exact) mass is 200 g/mol. The second-order valence-electron chi connectivity index (χ2n) is 2.83. The van der Waals surface area contributed by atoms with Gasteiger partial charge in [0.05, 0.1) is 6.61 Å². The SMILES string of the molecule is CCOC(=O)C(=NOC1CC1)C(N)=O. The predicted octanol–water partition coefficient (Wildman–Crippen LogP) is -0.430. The van der Waals surface area contributed by atoms with E-state index in [1.54, 1.807) is 6.92 Å². The Balaban J connectivity index is 2.56. The number of esters is 1. The molecule has 0 saturated heterocycles. The van der Waals surface area contributed by atoms with Crippen LogP contribution in [0.3, 0.4) is 0 Å². The third-order valence-corrected chi connectivity index (χ3v) is 1.52. The molecule has 0 aliphatic heterocycles. The Morgan fingerprint density at radius 3 is 2.57 bits per heavy atom. The zero-order chi connectivity index (χ0) is 10.6. The van der Waals surface area contributed by atoms with Gasteiger partial charge in [0, 0.05) is 0 Å². The molecule has 0 atom stereocenters. The van der Waals surface area contributed by atoms with E-state index in [9.17, 15) is 9.59 Å². The molecule has 1 aliphatic rings. The lowest BCUT2D eigenvalue weighted by Crippen LogP contribution is -2.32. The van der Waals surface area contributed by atoms with Crippen LogP contribution in [0.25, 0.3) is 0 Å². The van der Waals surface area contributed by atoms with E-state index in [1.165, 1.54) is 0 Å². The minimum Gasteiger partial charge on any atom is -0.461 e. The third kappa shape index (κ3) is 3.04. The first-order chi connectivity index (χ1) is 6.65. The second-order valence-corrected chi connectivity index (χ2v) is 2.83. The summed E-state index contributed by atoms with van der Waals surface area (Å²) in [4.78, 5) is 26.7.